The zero-order valence-corrected chi connectivity index (χ0v) is 13.9. The molecule has 0 atom stereocenters. The zero-order chi connectivity index (χ0) is 15.9. The van der Waals surface area contributed by atoms with Crippen molar-refractivity contribution in [2.24, 2.45) is 0 Å². The Kier molecular flexibility index (Phi) is 4.24. The van der Waals surface area contributed by atoms with E-state index in [-0.39, 0.29) is 10.7 Å². The maximum absolute atomic E-state index is 11.3. The number of halogens is 3. The van der Waals surface area contributed by atoms with Crippen LogP contribution >= 0.6 is 34.8 Å². The Morgan fingerprint density at radius 3 is 2.29 bits per heavy atom. The third-order valence-corrected chi connectivity index (χ3v) is 3.99. The average Bonchev–Trinajstić information content (AvgIpc) is 2.70. The van der Waals surface area contributed by atoms with Gasteiger partial charge < -0.3 is 5.11 Å². The van der Waals surface area contributed by atoms with Crippen molar-refractivity contribution in [2.45, 2.75) is 26.2 Å². The molecule has 7 heteroatoms. The standard InChI is InChI=1S/C14H13Cl3N2O2/c1-14(2,3)12-10(17)11(13(20)21)18-19(12)7-4-5-8(15)9(16)6-7/h4-6H,1-3H3,(H,20,21). The van der Waals surface area contributed by atoms with Gasteiger partial charge in [0.2, 0.25) is 0 Å². The number of aromatic nitrogens is 2. The Morgan fingerprint density at radius 1 is 1.19 bits per heavy atom. The van der Waals surface area contributed by atoms with Crippen molar-refractivity contribution in [3.05, 3.63) is 44.7 Å². The van der Waals surface area contributed by atoms with Gasteiger partial charge in [0.05, 0.1) is 26.4 Å². The quantitative estimate of drug-likeness (QED) is 0.846. The van der Waals surface area contributed by atoms with Gasteiger partial charge in [0.15, 0.2) is 5.69 Å². The van der Waals surface area contributed by atoms with E-state index in [4.69, 9.17) is 34.8 Å². The maximum atomic E-state index is 11.3. The minimum absolute atomic E-state index is 0.126. The van der Waals surface area contributed by atoms with Crippen LogP contribution in [0.3, 0.4) is 0 Å². The van der Waals surface area contributed by atoms with Gasteiger partial charge in [-0.05, 0) is 18.2 Å². The van der Waals surface area contributed by atoms with Crippen LogP contribution in [0.2, 0.25) is 15.1 Å². The average molecular weight is 348 g/mol. The SMILES string of the molecule is CC(C)(C)c1c(Cl)c(C(=O)O)nn1-c1ccc(Cl)c(Cl)c1. The third-order valence-electron chi connectivity index (χ3n) is 2.89. The van der Waals surface area contributed by atoms with Gasteiger partial charge >= 0.3 is 5.97 Å². The van der Waals surface area contributed by atoms with E-state index in [0.29, 0.717) is 21.4 Å². The van der Waals surface area contributed by atoms with E-state index in [2.05, 4.69) is 5.10 Å². The second-order valence-electron chi connectivity index (χ2n) is 5.58. The van der Waals surface area contributed by atoms with E-state index in [0.717, 1.165) is 0 Å². The molecule has 2 aromatic rings. The van der Waals surface area contributed by atoms with Gasteiger partial charge in [-0.15, -0.1) is 0 Å². The summed E-state index contributed by atoms with van der Waals surface area (Å²) in [5, 5.41) is 14.2. The van der Waals surface area contributed by atoms with E-state index in [9.17, 15) is 9.90 Å². The first-order valence-corrected chi connectivity index (χ1v) is 7.24. The number of carbonyl (C=O) groups is 1. The minimum atomic E-state index is -1.18. The first-order chi connectivity index (χ1) is 9.62. The van der Waals surface area contributed by atoms with Crippen molar-refractivity contribution in [3.8, 4) is 5.69 Å². The molecule has 2 rings (SSSR count). The fraction of sp³-hybridized carbons (Fsp3) is 0.286. The van der Waals surface area contributed by atoms with Crippen LogP contribution in [0.1, 0.15) is 37.0 Å². The summed E-state index contributed by atoms with van der Waals surface area (Å²) in [4.78, 5) is 11.3. The molecule has 0 unspecified atom stereocenters. The lowest BCUT2D eigenvalue weighted by Gasteiger charge is -2.21. The lowest BCUT2D eigenvalue weighted by molar-refractivity contribution is 0.0690. The van der Waals surface area contributed by atoms with Crippen LogP contribution in [0.5, 0.6) is 0 Å². The van der Waals surface area contributed by atoms with Gasteiger partial charge in [-0.3, -0.25) is 0 Å². The Hall–Kier alpha value is -1.23. The Labute approximate surface area is 137 Å². The molecule has 0 aliphatic heterocycles. The van der Waals surface area contributed by atoms with Gasteiger partial charge in [0.1, 0.15) is 0 Å². The number of carboxylic acid groups (broad SMARTS) is 1. The molecular formula is C14H13Cl3N2O2. The lowest BCUT2D eigenvalue weighted by atomic mass is 9.91. The van der Waals surface area contributed by atoms with Crippen molar-refractivity contribution >= 4 is 40.8 Å². The fourth-order valence-electron chi connectivity index (χ4n) is 1.99. The summed E-state index contributed by atoms with van der Waals surface area (Å²) in [6.45, 7) is 5.78. The number of benzene rings is 1. The van der Waals surface area contributed by atoms with Crippen LogP contribution in [0.4, 0.5) is 0 Å². The first kappa shape index (κ1) is 16.1. The normalized spacial score (nSPS) is 11.7. The summed E-state index contributed by atoms with van der Waals surface area (Å²) in [5.41, 5.74) is 0.612. The van der Waals surface area contributed by atoms with Crippen LogP contribution in [0.25, 0.3) is 5.69 Å². The topological polar surface area (TPSA) is 55.1 Å². The molecule has 21 heavy (non-hydrogen) atoms. The van der Waals surface area contributed by atoms with E-state index >= 15 is 0 Å². The Morgan fingerprint density at radius 2 is 1.81 bits per heavy atom. The summed E-state index contributed by atoms with van der Waals surface area (Å²) in [5.74, 6) is -1.18. The molecule has 0 aliphatic rings. The van der Waals surface area contributed by atoms with Crippen LogP contribution in [0.15, 0.2) is 18.2 Å². The number of nitrogens with zero attached hydrogens (tertiary/aromatic N) is 2. The van der Waals surface area contributed by atoms with Gasteiger partial charge in [-0.2, -0.15) is 5.10 Å². The van der Waals surface area contributed by atoms with Gasteiger partial charge in [0, 0.05) is 5.41 Å². The van der Waals surface area contributed by atoms with Gasteiger partial charge in [-0.25, -0.2) is 9.48 Å². The third kappa shape index (κ3) is 3.03. The molecule has 0 bridgehead atoms. The summed E-state index contributed by atoms with van der Waals surface area (Å²) in [6.07, 6.45) is 0. The largest absolute Gasteiger partial charge is 0.476 e. The molecule has 0 fully saturated rings. The zero-order valence-electron chi connectivity index (χ0n) is 11.6. The Bertz CT molecular complexity index is 718. The predicted octanol–water partition coefficient (Wildman–Crippen LogP) is 4.83. The van der Waals surface area contributed by atoms with Crippen LogP contribution in [0, 0.1) is 0 Å². The highest BCUT2D eigenvalue weighted by atomic mass is 35.5. The van der Waals surface area contributed by atoms with Gasteiger partial charge in [0.25, 0.3) is 0 Å². The van der Waals surface area contributed by atoms with E-state index in [1.807, 2.05) is 20.8 Å². The van der Waals surface area contributed by atoms with E-state index < -0.39 is 11.4 Å². The van der Waals surface area contributed by atoms with E-state index in [1.54, 1.807) is 18.2 Å². The van der Waals surface area contributed by atoms with Crippen molar-refractivity contribution in [1.82, 2.24) is 9.78 Å². The summed E-state index contributed by atoms with van der Waals surface area (Å²) in [6, 6.07) is 4.95. The number of aromatic carboxylic acids is 1. The molecule has 0 aliphatic carbocycles. The fourth-order valence-corrected chi connectivity index (χ4v) is 2.76. The van der Waals surface area contributed by atoms with Crippen molar-refractivity contribution < 1.29 is 9.90 Å². The predicted molar refractivity (Wildman–Crippen MR) is 84.3 cm³/mol. The highest BCUT2D eigenvalue weighted by molar-refractivity contribution is 6.42. The van der Waals surface area contributed by atoms with E-state index in [1.165, 1.54) is 4.68 Å². The van der Waals surface area contributed by atoms with Crippen LogP contribution < -0.4 is 0 Å². The van der Waals surface area contributed by atoms with Crippen molar-refractivity contribution in [3.63, 3.8) is 0 Å². The molecule has 0 radical (unpaired) electrons. The van der Waals surface area contributed by atoms with Crippen molar-refractivity contribution in [1.29, 1.82) is 0 Å². The summed E-state index contributed by atoms with van der Waals surface area (Å²) in [7, 11) is 0. The monoisotopic (exact) mass is 346 g/mol. The minimum Gasteiger partial charge on any atom is -0.476 e. The van der Waals surface area contributed by atoms with Crippen molar-refractivity contribution in [2.75, 3.05) is 0 Å². The number of carboxylic acids is 1. The molecule has 0 spiro atoms. The number of hydrogen-bond donors (Lipinski definition) is 1. The first-order valence-electron chi connectivity index (χ1n) is 6.10. The molecule has 0 amide bonds. The van der Waals surface area contributed by atoms with Gasteiger partial charge in [-0.1, -0.05) is 55.6 Å². The summed E-state index contributed by atoms with van der Waals surface area (Å²) >= 11 is 18.1. The van der Waals surface area contributed by atoms with Crippen LogP contribution in [-0.2, 0) is 5.41 Å². The molecule has 1 aromatic heterocycles. The van der Waals surface area contributed by atoms with Crippen LogP contribution in [-0.4, -0.2) is 20.9 Å². The second-order valence-corrected chi connectivity index (χ2v) is 6.77. The molecule has 4 nitrogen and oxygen atoms in total. The Balaban J connectivity index is 2.75. The smallest absolute Gasteiger partial charge is 0.358 e. The maximum Gasteiger partial charge on any atom is 0.358 e. The molecule has 0 saturated heterocycles. The number of rotatable bonds is 2. The molecular weight excluding hydrogens is 335 g/mol. The highest BCUT2D eigenvalue weighted by Crippen LogP contribution is 2.35. The lowest BCUT2D eigenvalue weighted by Crippen LogP contribution is -2.18. The molecule has 1 aromatic carbocycles. The molecule has 112 valence electrons. The second kappa shape index (κ2) is 5.52. The highest BCUT2D eigenvalue weighted by Gasteiger charge is 2.29. The molecule has 1 N–H and O–H groups in total. The molecule has 0 saturated carbocycles. The number of hydrogen-bond acceptors (Lipinski definition) is 2. The summed E-state index contributed by atoms with van der Waals surface area (Å²) < 4.78 is 1.49. The molecule has 1 heterocycles.